The van der Waals surface area contributed by atoms with Crippen molar-refractivity contribution in [1.82, 2.24) is 14.7 Å². The summed E-state index contributed by atoms with van der Waals surface area (Å²) in [6, 6.07) is 2.40. The highest BCUT2D eigenvalue weighted by atomic mass is 32.2. The zero-order valence-corrected chi connectivity index (χ0v) is 13.0. The Morgan fingerprint density at radius 2 is 2.20 bits per heavy atom. The number of amides is 1. The molecule has 1 aliphatic heterocycles. The Bertz CT molecular complexity index is 538. The van der Waals surface area contributed by atoms with Crippen LogP contribution < -0.4 is 0 Å². The second kappa shape index (κ2) is 5.88. The van der Waals surface area contributed by atoms with Gasteiger partial charge in [-0.3, -0.25) is 9.48 Å². The van der Waals surface area contributed by atoms with Gasteiger partial charge in [0.25, 0.3) is 5.91 Å². The number of thioether (sulfide) groups is 1. The third-order valence-electron chi connectivity index (χ3n) is 3.92. The number of nitrogens with zero attached hydrogens (tertiary/aromatic N) is 4. The highest BCUT2D eigenvalue weighted by Gasteiger charge is 2.36. The molecule has 0 spiro atoms. The van der Waals surface area contributed by atoms with Crippen LogP contribution >= 0.6 is 11.8 Å². The van der Waals surface area contributed by atoms with Crippen LogP contribution in [0.5, 0.6) is 0 Å². The molecular formula is C14H20N4OS. The summed E-state index contributed by atoms with van der Waals surface area (Å²) in [5.41, 5.74) is 1.54. The summed E-state index contributed by atoms with van der Waals surface area (Å²) in [4.78, 5) is 14.4. The first-order valence-electron chi connectivity index (χ1n) is 6.83. The molecule has 108 valence electrons. The Morgan fingerprint density at radius 1 is 1.55 bits per heavy atom. The van der Waals surface area contributed by atoms with Crippen molar-refractivity contribution in [2.45, 2.75) is 30.9 Å². The second-order valence-electron chi connectivity index (χ2n) is 5.12. The van der Waals surface area contributed by atoms with E-state index in [0.29, 0.717) is 18.7 Å². The van der Waals surface area contributed by atoms with Gasteiger partial charge in [0.15, 0.2) is 0 Å². The van der Waals surface area contributed by atoms with Crippen LogP contribution in [0.25, 0.3) is 0 Å². The number of hydrogen-bond donors (Lipinski definition) is 0. The molecule has 2 heterocycles. The Kier molecular flexibility index (Phi) is 4.39. The smallest absolute Gasteiger partial charge is 0.257 e. The van der Waals surface area contributed by atoms with E-state index in [-0.39, 0.29) is 10.7 Å². The van der Waals surface area contributed by atoms with Crippen LogP contribution in [-0.2, 0) is 13.5 Å². The van der Waals surface area contributed by atoms with E-state index >= 15 is 0 Å². The van der Waals surface area contributed by atoms with Crippen molar-refractivity contribution in [3.8, 4) is 6.07 Å². The van der Waals surface area contributed by atoms with E-state index in [0.717, 1.165) is 25.0 Å². The van der Waals surface area contributed by atoms with Crippen LogP contribution in [0.15, 0.2) is 6.20 Å². The van der Waals surface area contributed by atoms with Gasteiger partial charge in [-0.25, -0.2) is 0 Å². The summed E-state index contributed by atoms with van der Waals surface area (Å²) in [5.74, 6) is 0.0441. The average molecular weight is 292 g/mol. The second-order valence-corrected chi connectivity index (χ2v) is 6.31. The predicted molar refractivity (Wildman–Crippen MR) is 79.6 cm³/mol. The Labute approximate surface area is 123 Å². The number of aryl methyl sites for hydroxylation is 2. The fourth-order valence-corrected chi connectivity index (χ4v) is 3.26. The van der Waals surface area contributed by atoms with Crippen molar-refractivity contribution in [3.05, 3.63) is 17.5 Å². The van der Waals surface area contributed by atoms with Crippen molar-refractivity contribution in [2.75, 3.05) is 19.3 Å². The highest BCUT2D eigenvalue weighted by molar-refractivity contribution is 8.00. The van der Waals surface area contributed by atoms with Crippen LogP contribution in [0.2, 0.25) is 0 Å². The molecule has 5 nitrogen and oxygen atoms in total. The monoisotopic (exact) mass is 292 g/mol. The molecule has 0 bridgehead atoms. The van der Waals surface area contributed by atoms with E-state index in [4.69, 9.17) is 0 Å². The van der Waals surface area contributed by atoms with Crippen LogP contribution in [-0.4, -0.2) is 44.7 Å². The van der Waals surface area contributed by atoms with Crippen LogP contribution in [0.1, 0.15) is 35.8 Å². The lowest BCUT2D eigenvalue weighted by atomic mass is 9.96. The summed E-state index contributed by atoms with van der Waals surface area (Å²) in [6.07, 6.45) is 5.98. The van der Waals surface area contributed by atoms with E-state index < -0.39 is 0 Å². The minimum Gasteiger partial charge on any atom is -0.338 e. The highest BCUT2D eigenvalue weighted by Crippen LogP contribution is 2.34. The predicted octanol–water partition coefficient (Wildman–Crippen LogP) is 1.84. The van der Waals surface area contributed by atoms with Crippen molar-refractivity contribution >= 4 is 17.7 Å². The third-order valence-corrected chi connectivity index (χ3v) is 5.20. The molecule has 0 N–H and O–H groups in total. The Balaban J connectivity index is 2.11. The molecule has 1 aromatic rings. The van der Waals surface area contributed by atoms with Gasteiger partial charge in [-0.2, -0.15) is 10.4 Å². The van der Waals surface area contributed by atoms with Gasteiger partial charge in [0.1, 0.15) is 4.75 Å². The molecule has 0 radical (unpaired) electrons. The summed E-state index contributed by atoms with van der Waals surface area (Å²) in [7, 11) is 1.83. The molecule has 0 unspecified atom stereocenters. The summed E-state index contributed by atoms with van der Waals surface area (Å²) >= 11 is 1.60. The lowest BCUT2D eigenvalue weighted by molar-refractivity contribution is 0.0715. The van der Waals surface area contributed by atoms with Crippen LogP contribution in [0, 0.1) is 11.3 Å². The van der Waals surface area contributed by atoms with E-state index in [2.05, 4.69) is 11.2 Å². The zero-order valence-electron chi connectivity index (χ0n) is 12.2. The first kappa shape index (κ1) is 14.9. The maximum atomic E-state index is 12.6. The number of carbonyl (C=O) groups excluding carboxylic acids is 1. The van der Waals surface area contributed by atoms with Gasteiger partial charge < -0.3 is 4.90 Å². The number of rotatable bonds is 3. The van der Waals surface area contributed by atoms with E-state index in [1.165, 1.54) is 0 Å². The normalized spacial score (nSPS) is 17.8. The molecule has 20 heavy (non-hydrogen) atoms. The minimum atomic E-state index is -0.320. The summed E-state index contributed by atoms with van der Waals surface area (Å²) in [6.45, 7) is 3.29. The lowest BCUT2D eigenvalue weighted by Gasteiger charge is -2.36. The fourth-order valence-electron chi connectivity index (χ4n) is 2.58. The number of carbonyl (C=O) groups is 1. The molecule has 0 aromatic carbocycles. The molecular weight excluding hydrogens is 272 g/mol. The molecule has 0 atom stereocenters. The number of piperidine rings is 1. The Hall–Kier alpha value is -1.48. The van der Waals surface area contributed by atoms with Crippen LogP contribution in [0.4, 0.5) is 0 Å². The summed E-state index contributed by atoms with van der Waals surface area (Å²) in [5, 5.41) is 13.6. The zero-order chi connectivity index (χ0) is 14.8. The fraction of sp³-hybridized carbons (Fsp3) is 0.643. The van der Waals surface area contributed by atoms with Gasteiger partial charge in [-0.1, -0.05) is 6.92 Å². The third kappa shape index (κ3) is 2.68. The van der Waals surface area contributed by atoms with Gasteiger partial charge in [-0.05, 0) is 25.5 Å². The molecule has 2 rings (SSSR count). The van der Waals surface area contributed by atoms with Crippen LogP contribution in [0.3, 0.4) is 0 Å². The molecule has 1 aromatic heterocycles. The molecule has 1 fully saturated rings. The molecule has 0 aliphatic carbocycles. The van der Waals surface area contributed by atoms with Crippen molar-refractivity contribution in [2.24, 2.45) is 7.05 Å². The number of aromatic nitrogens is 2. The van der Waals surface area contributed by atoms with Gasteiger partial charge in [0, 0.05) is 26.3 Å². The first-order valence-corrected chi connectivity index (χ1v) is 8.06. The average Bonchev–Trinajstić information content (AvgIpc) is 2.87. The standard InChI is InChI=1S/C14H20N4OS/c1-4-12-11(9-17(2)16-12)13(19)18-7-5-14(10-15,20-3)6-8-18/h9H,4-8H2,1-3H3. The van der Waals surface area contributed by atoms with Gasteiger partial charge in [0.2, 0.25) is 0 Å². The topological polar surface area (TPSA) is 61.9 Å². The Morgan fingerprint density at radius 3 is 2.70 bits per heavy atom. The van der Waals surface area contributed by atoms with E-state index in [9.17, 15) is 10.1 Å². The molecule has 0 saturated carbocycles. The van der Waals surface area contributed by atoms with Crippen molar-refractivity contribution in [3.63, 3.8) is 0 Å². The minimum absolute atomic E-state index is 0.0441. The van der Waals surface area contributed by atoms with Gasteiger partial charge in [-0.15, -0.1) is 11.8 Å². The quantitative estimate of drug-likeness (QED) is 0.853. The van der Waals surface area contributed by atoms with Gasteiger partial charge in [0.05, 0.1) is 17.3 Å². The summed E-state index contributed by atoms with van der Waals surface area (Å²) < 4.78 is 1.37. The first-order chi connectivity index (χ1) is 9.55. The number of nitriles is 1. The molecule has 6 heteroatoms. The maximum absolute atomic E-state index is 12.6. The van der Waals surface area contributed by atoms with E-state index in [1.54, 1.807) is 22.6 Å². The van der Waals surface area contributed by atoms with Crippen molar-refractivity contribution in [1.29, 1.82) is 5.26 Å². The SMILES string of the molecule is CCc1nn(C)cc1C(=O)N1CCC(C#N)(SC)CC1. The molecule has 1 amide bonds. The van der Waals surface area contributed by atoms with Crippen molar-refractivity contribution < 1.29 is 4.79 Å². The largest absolute Gasteiger partial charge is 0.338 e. The maximum Gasteiger partial charge on any atom is 0.257 e. The van der Waals surface area contributed by atoms with E-state index in [1.807, 2.05) is 25.1 Å². The van der Waals surface area contributed by atoms with Gasteiger partial charge >= 0.3 is 0 Å². The lowest BCUT2D eigenvalue weighted by Crippen LogP contribution is -2.44. The molecule has 1 saturated heterocycles. The molecule has 1 aliphatic rings. The number of hydrogen-bond acceptors (Lipinski definition) is 4. The number of likely N-dealkylation sites (tertiary alicyclic amines) is 1.